The second-order valence-electron chi connectivity index (χ2n) is 3.20. The fourth-order valence-electron chi connectivity index (χ4n) is 1.15. The van der Waals surface area contributed by atoms with Gasteiger partial charge in [-0.2, -0.15) is 4.79 Å². The Morgan fingerprint density at radius 2 is 2.06 bits per heavy atom. The molecule has 0 saturated carbocycles. The Hall–Kier alpha value is -1.70. The van der Waals surface area contributed by atoms with Crippen LogP contribution in [0.4, 0.5) is 0 Å². The molecule has 0 fully saturated rings. The normalized spacial score (nSPS) is 10.1. The first-order chi connectivity index (χ1) is 7.72. The van der Waals surface area contributed by atoms with E-state index in [1.54, 1.807) is 0 Å². The zero-order chi connectivity index (χ0) is 11.8. The first-order valence-corrected chi connectivity index (χ1v) is 5.22. The topological polar surface area (TPSA) is 53.5 Å². The van der Waals surface area contributed by atoms with Crippen LogP contribution in [0.25, 0.3) is 11.6 Å². The van der Waals surface area contributed by atoms with Crippen molar-refractivity contribution in [3.8, 4) is 0 Å². The van der Waals surface area contributed by atoms with Crippen LogP contribution in [0.15, 0.2) is 30.3 Å². The molecule has 1 aromatic rings. The number of rotatable bonds is 5. The number of nitrogens with zero attached hydrogens (tertiary/aromatic N) is 2. The lowest BCUT2D eigenvalue weighted by Crippen LogP contribution is -1.97. The van der Waals surface area contributed by atoms with Crippen LogP contribution in [0.1, 0.15) is 18.4 Å². The number of benzene rings is 1. The largest absolute Gasteiger partial charge is 0.361 e. The minimum Gasteiger partial charge on any atom is -0.361 e. The summed E-state index contributed by atoms with van der Waals surface area (Å²) in [5.74, 6) is -0.191. The number of carbonyl (C=O) groups excluding carboxylic acids is 1. The molecule has 0 aromatic heterocycles. The molecule has 0 atom stereocenters. The van der Waals surface area contributed by atoms with Gasteiger partial charge >= 0.3 is 6.21 Å². The van der Waals surface area contributed by atoms with Gasteiger partial charge in [-0.1, -0.05) is 35.9 Å². The molecular weight excluding hydrogens is 224 g/mol. The lowest BCUT2D eigenvalue weighted by molar-refractivity contribution is -0.116. The van der Waals surface area contributed by atoms with Gasteiger partial charge in [-0.15, -0.1) is 0 Å². The second-order valence-corrected chi connectivity index (χ2v) is 3.64. The molecular formula is C12H11ClN2O. The van der Waals surface area contributed by atoms with E-state index in [0.717, 1.165) is 11.8 Å². The molecule has 4 heteroatoms. The van der Waals surface area contributed by atoms with Crippen LogP contribution in [0, 0.1) is 0 Å². The molecule has 3 nitrogen and oxygen atoms in total. The van der Waals surface area contributed by atoms with Crippen LogP contribution >= 0.6 is 11.6 Å². The first kappa shape index (κ1) is 12.4. The number of hydrogen-bond donors (Lipinski definition) is 0. The maximum Gasteiger partial charge on any atom is 0.323 e. The van der Waals surface area contributed by atoms with Crippen molar-refractivity contribution >= 4 is 29.7 Å². The molecule has 0 saturated heterocycles. The Balaban J connectivity index is 2.40. The molecule has 82 valence electrons. The quantitative estimate of drug-likeness (QED) is 0.439. The van der Waals surface area contributed by atoms with Crippen molar-refractivity contribution in [2.24, 2.45) is 0 Å². The van der Waals surface area contributed by atoms with Crippen molar-refractivity contribution in [1.82, 2.24) is 0 Å². The van der Waals surface area contributed by atoms with Crippen LogP contribution < -0.4 is 0 Å². The van der Waals surface area contributed by atoms with Crippen molar-refractivity contribution in [3.05, 3.63) is 46.5 Å². The zero-order valence-corrected chi connectivity index (χ0v) is 9.39. The highest BCUT2D eigenvalue weighted by Crippen LogP contribution is 2.10. The third-order valence-electron chi connectivity index (χ3n) is 1.94. The Morgan fingerprint density at radius 1 is 1.38 bits per heavy atom. The van der Waals surface area contributed by atoms with Crippen LogP contribution in [-0.2, 0) is 4.79 Å². The van der Waals surface area contributed by atoms with E-state index in [0.29, 0.717) is 17.9 Å². The van der Waals surface area contributed by atoms with E-state index in [-0.39, 0.29) is 5.78 Å². The van der Waals surface area contributed by atoms with Crippen molar-refractivity contribution in [2.45, 2.75) is 12.8 Å². The molecule has 0 N–H and O–H groups in total. The van der Waals surface area contributed by atoms with Crippen LogP contribution in [0.3, 0.4) is 0 Å². The monoisotopic (exact) mass is 234 g/mol. The van der Waals surface area contributed by atoms with Gasteiger partial charge in [0.25, 0.3) is 0 Å². The zero-order valence-electron chi connectivity index (χ0n) is 8.64. The van der Waals surface area contributed by atoms with Crippen LogP contribution in [-0.4, -0.2) is 16.8 Å². The fourth-order valence-corrected chi connectivity index (χ4v) is 1.27. The molecule has 0 bridgehead atoms. The third-order valence-corrected chi connectivity index (χ3v) is 2.19. The molecule has 0 unspecified atom stereocenters. The van der Waals surface area contributed by atoms with Gasteiger partial charge in [0.2, 0.25) is 5.78 Å². The highest BCUT2D eigenvalue weighted by atomic mass is 35.5. The van der Waals surface area contributed by atoms with Gasteiger partial charge in [0.05, 0.1) is 0 Å². The van der Waals surface area contributed by atoms with E-state index in [4.69, 9.17) is 17.1 Å². The van der Waals surface area contributed by atoms with Gasteiger partial charge in [-0.05, 0) is 24.1 Å². The summed E-state index contributed by atoms with van der Waals surface area (Å²) >= 11 is 5.74. The average Bonchev–Trinajstić information content (AvgIpc) is 2.27. The maximum absolute atomic E-state index is 10.9. The minimum absolute atomic E-state index is 0.191. The standard InChI is InChI=1S/C12H11ClN2O/c13-11-7-5-10(6-8-11)3-1-2-4-12(16)9-15-14/h1,3,5-9H,2,4H2. The highest BCUT2D eigenvalue weighted by molar-refractivity contribution is 6.30. The Morgan fingerprint density at radius 3 is 2.69 bits per heavy atom. The molecule has 0 radical (unpaired) electrons. The van der Waals surface area contributed by atoms with E-state index in [1.165, 1.54) is 0 Å². The van der Waals surface area contributed by atoms with Crippen molar-refractivity contribution in [1.29, 1.82) is 0 Å². The Kier molecular flexibility index (Phi) is 5.20. The number of allylic oxidation sites excluding steroid dienone is 1. The summed E-state index contributed by atoms with van der Waals surface area (Å²) in [5.41, 5.74) is 9.15. The van der Waals surface area contributed by atoms with Gasteiger partial charge in [-0.3, -0.25) is 4.79 Å². The third kappa shape index (κ3) is 4.69. The lowest BCUT2D eigenvalue weighted by Gasteiger charge is -1.93. The summed E-state index contributed by atoms with van der Waals surface area (Å²) in [6, 6.07) is 7.42. The number of hydrogen-bond acceptors (Lipinski definition) is 1. The number of Topliss-reactive ketones (excluding diaryl/α,β-unsaturated/α-hetero) is 1. The van der Waals surface area contributed by atoms with Crippen LogP contribution in [0.5, 0.6) is 0 Å². The summed E-state index contributed by atoms with van der Waals surface area (Å²) in [4.78, 5) is 13.6. The van der Waals surface area contributed by atoms with E-state index < -0.39 is 0 Å². The average molecular weight is 235 g/mol. The fraction of sp³-hybridized carbons (Fsp3) is 0.167. The predicted molar refractivity (Wildman–Crippen MR) is 64.4 cm³/mol. The van der Waals surface area contributed by atoms with Gasteiger partial charge in [0.1, 0.15) is 0 Å². The molecule has 0 spiro atoms. The van der Waals surface area contributed by atoms with Gasteiger partial charge < -0.3 is 5.53 Å². The molecule has 0 aliphatic carbocycles. The second kappa shape index (κ2) is 6.72. The molecule has 0 heterocycles. The molecule has 0 aliphatic rings. The summed E-state index contributed by atoms with van der Waals surface area (Å²) < 4.78 is 0. The van der Waals surface area contributed by atoms with Crippen molar-refractivity contribution < 1.29 is 9.58 Å². The summed E-state index contributed by atoms with van der Waals surface area (Å²) in [6.07, 6.45) is 5.68. The smallest absolute Gasteiger partial charge is 0.323 e. The number of ketones is 1. The number of carbonyl (C=O) groups is 1. The van der Waals surface area contributed by atoms with Crippen LogP contribution in [0.2, 0.25) is 5.02 Å². The maximum atomic E-state index is 10.9. The summed E-state index contributed by atoms with van der Waals surface area (Å²) in [5, 5.41) is 0.700. The van der Waals surface area contributed by atoms with Crippen molar-refractivity contribution in [2.75, 3.05) is 0 Å². The van der Waals surface area contributed by atoms with Gasteiger partial charge in [0.15, 0.2) is 0 Å². The van der Waals surface area contributed by atoms with E-state index in [9.17, 15) is 4.79 Å². The highest BCUT2D eigenvalue weighted by Gasteiger charge is 1.99. The predicted octanol–water partition coefficient (Wildman–Crippen LogP) is 3.00. The SMILES string of the molecule is [N-]=[N+]=CC(=O)CCC=Cc1ccc(Cl)cc1. The van der Waals surface area contributed by atoms with Gasteiger partial charge in [0, 0.05) is 11.4 Å². The Bertz CT molecular complexity index is 431. The van der Waals surface area contributed by atoms with Crippen molar-refractivity contribution in [3.63, 3.8) is 0 Å². The molecule has 1 aromatic carbocycles. The van der Waals surface area contributed by atoms with E-state index >= 15 is 0 Å². The molecule has 0 aliphatic heterocycles. The van der Waals surface area contributed by atoms with E-state index in [1.807, 2.05) is 36.4 Å². The molecule has 16 heavy (non-hydrogen) atoms. The molecule has 1 rings (SSSR count). The summed E-state index contributed by atoms with van der Waals surface area (Å²) in [6.45, 7) is 0. The Labute approximate surface area is 99.0 Å². The summed E-state index contributed by atoms with van der Waals surface area (Å²) in [7, 11) is 0. The minimum atomic E-state index is -0.191. The first-order valence-electron chi connectivity index (χ1n) is 4.85. The van der Waals surface area contributed by atoms with Gasteiger partial charge in [-0.25, -0.2) is 0 Å². The number of halogens is 1. The lowest BCUT2D eigenvalue weighted by atomic mass is 10.1. The van der Waals surface area contributed by atoms with E-state index in [2.05, 4.69) is 4.79 Å². The molecule has 0 amide bonds.